The van der Waals surface area contributed by atoms with Gasteiger partial charge in [0.1, 0.15) is 11.5 Å². The van der Waals surface area contributed by atoms with Crippen molar-refractivity contribution in [1.82, 2.24) is 14.6 Å². The number of amides is 1. The van der Waals surface area contributed by atoms with E-state index < -0.39 is 22.7 Å². The molecule has 42 heavy (non-hydrogen) atoms. The van der Waals surface area contributed by atoms with Crippen molar-refractivity contribution in [3.63, 3.8) is 0 Å². The van der Waals surface area contributed by atoms with Crippen LogP contribution in [0.25, 0.3) is 22.4 Å². The van der Waals surface area contributed by atoms with Crippen molar-refractivity contribution in [2.45, 2.75) is 44.6 Å². The number of carbonyl (C=O) groups excluding carboxylic acids is 1. The first-order valence-corrected chi connectivity index (χ1v) is 14.7. The van der Waals surface area contributed by atoms with Gasteiger partial charge in [-0.1, -0.05) is 12.1 Å². The number of halogens is 1. The molecule has 2 heterocycles. The number of fused-ring (bicyclic) bond motifs is 1. The van der Waals surface area contributed by atoms with Gasteiger partial charge in [0.2, 0.25) is 16.6 Å². The molecule has 1 aliphatic carbocycles. The Morgan fingerprint density at radius 3 is 2.52 bits per heavy atom. The molecule has 0 radical (unpaired) electrons. The van der Waals surface area contributed by atoms with Crippen molar-refractivity contribution < 1.29 is 36.7 Å². The maximum absolute atomic E-state index is 14.0. The summed E-state index contributed by atoms with van der Waals surface area (Å²) < 4.78 is 51.1. The molecule has 4 aromatic rings. The topological polar surface area (TPSA) is 139 Å². The monoisotopic (exact) mass is 595 g/mol. The number of benzene rings is 2. The van der Waals surface area contributed by atoms with E-state index in [0.29, 0.717) is 40.8 Å². The first-order valence-electron chi connectivity index (χ1n) is 13.6. The number of rotatable bonds is 13. The second-order valence-electron chi connectivity index (χ2n) is 10.1. The van der Waals surface area contributed by atoms with Gasteiger partial charge in [0.25, 0.3) is 5.91 Å². The number of thiol groups is 1. The van der Waals surface area contributed by atoms with Gasteiger partial charge in [-0.15, -0.1) is 0 Å². The van der Waals surface area contributed by atoms with Gasteiger partial charge in [0.15, 0.2) is 11.6 Å². The zero-order valence-corrected chi connectivity index (χ0v) is 23.7. The largest absolute Gasteiger partial charge is 0.481 e. The van der Waals surface area contributed by atoms with E-state index >= 15 is 0 Å². The fourth-order valence-corrected chi connectivity index (χ4v) is 5.35. The number of nitrogens with one attached hydrogen (secondary N) is 1. The number of pyridine rings is 1. The lowest BCUT2D eigenvalue weighted by molar-refractivity contribution is -0.137. The fourth-order valence-electron chi connectivity index (χ4n) is 4.79. The molecule has 2 aromatic heterocycles. The highest BCUT2D eigenvalue weighted by molar-refractivity contribution is 7.69. The number of carboxylic acids is 1. The summed E-state index contributed by atoms with van der Waals surface area (Å²) >= 11 is 0. The number of carboxylic acid groups (broad SMARTS) is 1. The number of hydrogen-bond acceptors (Lipinski definition) is 7. The molecule has 1 aliphatic rings. The highest BCUT2D eigenvalue weighted by atomic mass is 32.2. The molecule has 1 fully saturated rings. The quantitative estimate of drug-likeness (QED) is 0.141. The van der Waals surface area contributed by atoms with E-state index in [1.807, 2.05) is 6.07 Å². The molecule has 0 unspecified atom stereocenters. The summed E-state index contributed by atoms with van der Waals surface area (Å²) in [4.78, 5) is 28.6. The Labute approximate surface area is 243 Å². The van der Waals surface area contributed by atoms with Crippen molar-refractivity contribution >= 4 is 33.9 Å². The molecule has 0 atom stereocenters. The van der Waals surface area contributed by atoms with E-state index in [1.165, 1.54) is 23.5 Å². The Kier molecular flexibility index (Phi) is 8.83. The maximum Gasteiger partial charge on any atom is 0.303 e. The molecule has 1 saturated carbocycles. The molecule has 2 N–H and O–H groups in total. The van der Waals surface area contributed by atoms with Crippen molar-refractivity contribution in [3.05, 3.63) is 77.2 Å². The van der Waals surface area contributed by atoms with Crippen LogP contribution in [0.5, 0.6) is 11.5 Å². The van der Waals surface area contributed by atoms with Crippen LogP contribution in [0.2, 0.25) is 0 Å². The molecule has 1 amide bonds. The highest BCUT2D eigenvalue weighted by Crippen LogP contribution is 2.44. The lowest BCUT2D eigenvalue weighted by atomic mass is 10.0. The van der Waals surface area contributed by atoms with Crippen LogP contribution in [0.3, 0.4) is 0 Å². The first-order chi connectivity index (χ1) is 20.2. The number of para-hydroxylation sites is 1. The second kappa shape index (κ2) is 12.7. The summed E-state index contributed by atoms with van der Waals surface area (Å²) in [5.41, 5.74) is 2.48. The number of carbonyl (C=O) groups is 2. The van der Waals surface area contributed by atoms with Crippen molar-refractivity contribution in [2.24, 2.45) is 0 Å². The van der Waals surface area contributed by atoms with Crippen LogP contribution in [0.1, 0.15) is 59.6 Å². The van der Waals surface area contributed by atoms with E-state index in [0.717, 1.165) is 18.4 Å². The number of aromatic nitrogens is 1. The lowest BCUT2D eigenvalue weighted by Gasteiger charge is -2.17. The van der Waals surface area contributed by atoms with Crippen molar-refractivity contribution in [3.8, 4) is 22.8 Å². The number of nitrogens with zero attached hydrogens (tertiary/aromatic N) is 2. The van der Waals surface area contributed by atoms with Crippen LogP contribution in [0, 0.1) is 5.82 Å². The third-order valence-corrected chi connectivity index (χ3v) is 7.87. The fraction of sp³-hybridized carbons (Fsp3) is 0.300. The second-order valence-corrected chi connectivity index (χ2v) is 11.1. The van der Waals surface area contributed by atoms with E-state index in [9.17, 15) is 22.4 Å². The zero-order valence-electron chi connectivity index (χ0n) is 22.8. The van der Waals surface area contributed by atoms with Gasteiger partial charge in [-0.25, -0.2) is 17.8 Å². The average Bonchev–Trinajstić information content (AvgIpc) is 3.75. The molecule has 0 saturated heterocycles. The van der Waals surface area contributed by atoms with Crippen LogP contribution in [-0.4, -0.2) is 48.3 Å². The molecular formula is C30H30FN3O7S. The van der Waals surface area contributed by atoms with Crippen molar-refractivity contribution in [1.29, 1.82) is 0 Å². The smallest absolute Gasteiger partial charge is 0.303 e. The third-order valence-electron chi connectivity index (χ3n) is 7.07. The number of furan rings is 1. The van der Waals surface area contributed by atoms with E-state index in [1.54, 1.807) is 36.4 Å². The molecule has 220 valence electrons. The van der Waals surface area contributed by atoms with Gasteiger partial charge < -0.3 is 19.6 Å². The number of ether oxygens (including phenoxy) is 1. The summed E-state index contributed by atoms with van der Waals surface area (Å²) in [6, 6.07) is 14.6. The highest BCUT2D eigenvalue weighted by Gasteiger charge is 2.31. The molecule has 0 bridgehead atoms. The average molecular weight is 596 g/mol. The Hall–Kier alpha value is -4.29. The minimum absolute atomic E-state index is 0.0149. The summed E-state index contributed by atoms with van der Waals surface area (Å²) in [5.74, 6) is -0.823. The molecular weight excluding hydrogens is 565 g/mol. The van der Waals surface area contributed by atoms with Crippen LogP contribution in [0.15, 0.2) is 59.0 Å². The lowest BCUT2D eigenvalue weighted by Crippen LogP contribution is -2.24. The third kappa shape index (κ3) is 6.60. The normalized spacial score (nSPS) is 13.1. The summed E-state index contributed by atoms with van der Waals surface area (Å²) in [6.07, 6.45) is 2.57. The standard InChI is InChI=1S/C30H30FN3O7S/c1-32-29(37)27-22-16-21(18-9-10-18)24(17-34(42(38)39)15-5-4-8-26(35)36)33-30(22)41-28(27)19-11-13-20(14-12-19)40-25-7-3-2-6-23(25)31/h2-3,6-7,11-14,16,18,42H,4-5,8-10,15,17H2,1H3,(H,32,37)(H,35,36). The predicted octanol–water partition coefficient (Wildman–Crippen LogP) is 5.25. The Balaban J connectivity index is 1.49. The first kappa shape index (κ1) is 29.2. The molecule has 2 aromatic carbocycles. The van der Waals surface area contributed by atoms with Crippen LogP contribution in [0.4, 0.5) is 4.39 Å². The van der Waals surface area contributed by atoms with Crippen LogP contribution in [-0.2, 0) is 22.2 Å². The SMILES string of the molecule is CNC(=O)c1c(-c2ccc(Oc3ccccc3F)cc2)oc2nc(CN(CCCCC(=O)O)[SH](=O)=O)c(C3CC3)cc12. The van der Waals surface area contributed by atoms with Gasteiger partial charge in [0, 0.05) is 25.6 Å². The van der Waals surface area contributed by atoms with Crippen LogP contribution >= 0.6 is 0 Å². The summed E-state index contributed by atoms with van der Waals surface area (Å²) in [5, 5.41) is 12.0. The number of unbranched alkanes of at least 4 members (excludes halogenated alkanes) is 1. The molecule has 0 aliphatic heterocycles. The Morgan fingerprint density at radius 2 is 1.88 bits per heavy atom. The number of aliphatic carboxylic acids is 1. The summed E-state index contributed by atoms with van der Waals surface area (Å²) in [7, 11) is -1.41. The Morgan fingerprint density at radius 1 is 1.14 bits per heavy atom. The maximum atomic E-state index is 14.0. The summed E-state index contributed by atoms with van der Waals surface area (Å²) in [6.45, 7) is 0.185. The molecule has 0 spiro atoms. The minimum atomic E-state index is -2.93. The van der Waals surface area contributed by atoms with Gasteiger partial charge in [0.05, 0.1) is 23.2 Å². The van der Waals surface area contributed by atoms with Crippen molar-refractivity contribution in [2.75, 3.05) is 13.6 Å². The minimum Gasteiger partial charge on any atom is -0.481 e. The van der Waals surface area contributed by atoms with Crippen LogP contribution < -0.4 is 10.1 Å². The molecule has 5 rings (SSSR count). The van der Waals surface area contributed by atoms with Gasteiger partial charge in [-0.05, 0) is 79.6 Å². The predicted molar refractivity (Wildman–Crippen MR) is 153 cm³/mol. The van der Waals surface area contributed by atoms with Gasteiger partial charge in [-0.2, -0.15) is 4.31 Å². The van der Waals surface area contributed by atoms with E-state index in [-0.39, 0.29) is 48.6 Å². The van der Waals surface area contributed by atoms with E-state index in [2.05, 4.69) is 5.32 Å². The molecule has 12 heteroatoms. The number of hydrogen-bond donors (Lipinski definition) is 3. The van der Waals surface area contributed by atoms with Gasteiger partial charge in [-0.3, -0.25) is 9.59 Å². The molecule has 10 nitrogen and oxygen atoms in total. The zero-order chi connectivity index (χ0) is 29.8. The van der Waals surface area contributed by atoms with Gasteiger partial charge >= 0.3 is 5.97 Å². The Bertz CT molecular complexity index is 1690. The van der Waals surface area contributed by atoms with E-state index in [4.69, 9.17) is 19.2 Å².